The Bertz CT molecular complexity index is 1300. The summed E-state index contributed by atoms with van der Waals surface area (Å²) < 4.78 is 16.8. The molecular formula is C31H33NO6. The number of methoxy groups -OCH3 is 1. The SMILES string of the molecule is CCCOc1ccc(C2/C(=C(\O)c3ccc(OCc4ccccc4C)cc3)C(=O)C(=O)N2CCOC)cc1. The summed E-state index contributed by atoms with van der Waals surface area (Å²) in [6, 6.07) is 21.3. The third-order valence-electron chi connectivity index (χ3n) is 6.53. The summed E-state index contributed by atoms with van der Waals surface area (Å²) >= 11 is 0. The van der Waals surface area contributed by atoms with Crippen molar-refractivity contribution in [2.45, 2.75) is 32.9 Å². The van der Waals surface area contributed by atoms with E-state index in [-0.39, 0.29) is 24.5 Å². The molecule has 1 aliphatic rings. The standard InChI is InChI=1S/C31H33NO6/c1-4-18-37-25-13-9-22(10-14-25)28-27(30(34)31(35)32(28)17-19-36-3)29(33)23-11-15-26(16-12-23)38-20-24-8-6-5-7-21(24)2/h5-16,28,33H,4,17-20H2,1-3H3/b29-27+. The van der Waals surface area contributed by atoms with Gasteiger partial charge >= 0.3 is 0 Å². The number of aryl methyl sites for hydroxylation is 1. The number of amides is 1. The Kier molecular flexibility index (Phi) is 8.81. The maximum Gasteiger partial charge on any atom is 0.295 e. The molecule has 1 atom stereocenters. The summed E-state index contributed by atoms with van der Waals surface area (Å²) in [5.41, 5.74) is 3.39. The van der Waals surface area contributed by atoms with E-state index in [0.29, 0.717) is 35.8 Å². The maximum absolute atomic E-state index is 13.1. The fourth-order valence-corrected chi connectivity index (χ4v) is 4.41. The molecule has 1 aliphatic heterocycles. The Morgan fingerprint density at radius 3 is 2.21 bits per heavy atom. The van der Waals surface area contributed by atoms with Gasteiger partial charge in [0, 0.05) is 19.2 Å². The molecule has 1 amide bonds. The zero-order chi connectivity index (χ0) is 27.1. The van der Waals surface area contributed by atoms with Crippen molar-refractivity contribution in [2.75, 3.05) is 26.9 Å². The van der Waals surface area contributed by atoms with Crippen LogP contribution in [0.5, 0.6) is 11.5 Å². The van der Waals surface area contributed by atoms with Crippen molar-refractivity contribution in [3.8, 4) is 11.5 Å². The minimum atomic E-state index is -0.748. The topological polar surface area (TPSA) is 85.3 Å². The highest BCUT2D eigenvalue weighted by atomic mass is 16.5. The lowest BCUT2D eigenvalue weighted by Gasteiger charge is -2.25. The van der Waals surface area contributed by atoms with Crippen LogP contribution in [0.2, 0.25) is 0 Å². The molecule has 3 aromatic carbocycles. The molecule has 7 nitrogen and oxygen atoms in total. The van der Waals surface area contributed by atoms with Crippen molar-refractivity contribution >= 4 is 17.4 Å². The third-order valence-corrected chi connectivity index (χ3v) is 6.53. The lowest BCUT2D eigenvalue weighted by Crippen LogP contribution is -2.32. The highest BCUT2D eigenvalue weighted by molar-refractivity contribution is 6.46. The lowest BCUT2D eigenvalue weighted by atomic mass is 9.95. The molecule has 0 bridgehead atoms. The monoisotopic (exact) mass is 515 g/mol. The lowest BCUT2D eigenvalue weighted by molar-refractivity contribution is -0.140. The molecule has 1 fully saturated rings. The average molecular weight is 516 g/mol. The molecule has 1 N–H and O–H groups in total. The zero-order valence-electron chi connectivity index (χ0n) is 22.0. The number of rotatable bonds is 11. The summed E-state index contributed by atoms with van der Waals surface area (Å²) in [7, 11) is 1.54. The molecule has 1 unspecified atom stereocenters. The number of hydrogen-bond donors (Lipinski definition) is 1. The second-order valence-corrected chi connectivity index (χ2v) is 9.14. The number of ketones is 1. The van der Waals surface area contributed by atoms with Gasteiger partial charge in [0.05, 0.1) is 24.8 Å². The van der Waals surface area contributed by atoms with Gasteiger partial charge in [0.15, 0.2) is 0 Å². The number of carbonyl (C=O) groups excluding carboxylic acids is 2. The predicted octanol–water partition coefficient (Wildman–Crippen LogP) is 5.43. The first-order chi connectivity index (χ1) is 18.4. The first-order valence-corrected chi connectivity index (χ1v) is 12.7. The first-order valence-electron chi connectivity index (χ1n) is 12.7. The van der Waals surface area contributed by atoms with E-state index in [1.165, 1.54) is 12.0 Å². The van der Waals surface area contributed by atoms with E-state index in [4.69, 9.17) is 14.2 Å². The summed E-state index contributed by atoms with van der Waals surface area (Å²) in [4.78, 5) is 27.6. The van der Waals surface area contributed by atoms with Gasteiger partial charge in [-0.3, -0.25) is 9.59 Å². The maximum atomic E-state index is 13.1. The summed E-state index contributed by atoms with van der Waals surface area (Å²) in [6.07, 6.45) is 0.884. The molecule has 38 heavy (non-hydrogen) atoms. The Morgan fingerprint density at radius 1 is 0.895 bits per heavy atom. The van der Waals surface area contributed by atoms with Crippen molar-refractivity contribution in [3.63, 3.8) is 0 Å². The molecule has 7 heteroatoms. The largest absolute Gasteiger partial charge is 0.507 e. The van der Waals surface area contributed by atoms with E-state index in [1.54, 1.807) is 24.3 Å². The van der Waals surface area contributed by atoms with Crippen molar-refractivity contribution in [1.29, 1.82) is 0 Å². The summed E-state index contributed by atoms with van der Waals surface area (Å²) in [5, 5.41) is 11.3. The molecular weight excluding hydrogens is 482 g/mol. The van der Waals surface area contributed by atoms with E-state index in [9.17, 15) is 14.7 Å². The van der Waals surface area contributed by atoms with Crippen molar-refractivity contribution in [2.24, 2.45) is 0 Å². The van der Waals surface area contributed by atoms with Gasteiger partial charge in [-0.25, -0.2) is 0 Å². The van der Waals surface area contributed by atoms with E-state index in [1.807, 2.05) is 62.4 Å². The molecule has 0 aliphatic carbocycles. The van der Waals surface area contributed by atoms with Crippen LogP contribution in [-0.4, -0.2) is 48.6 Å². The van der Waals surface area contributed by atoms with Crippen molar-refractivity contribution < 1.29 is 28.9 Å². The number of likely N-dealkylation sites (tertiary alicyclic amines) is 1. The zero-order valence-corrected chi connectivity index (χ0v) is 22.0. The van der Waals surface area contributed by atoms with Gasteiger partial charge in [0.1, 0.15) is 23.9 Å². The van der Waals surface area contributed by atoms with Gasteiger partial charge in [0.2, 0.25) is 0 Å². The molecule has 1 saturated heterocycles. The quantitative estimate of drug-likeness (QED) is 0.208. The highest BCUT2D eigenvalue weighted by Crippen LogP contribution is 2.39. The Hall–Kier alpha value is -4.10. The van der Waals surface area contributed by atoms with Crippen LogP contribution in [0.3, 0.4) is 0 Å². The minimum absolute atomic E-state index is 0.0434. The third kappa shape index (κ3) is 5.89. The Labute approximate surface area is 223 Å². The molecule has 0 spiro atoms. The first kappa shape index (κ1) is 26.9. The van der Waals surface area contributed by atoms with E-state index < -0.39 is 17.7 Å². The fraction of sp³-hybridized carbons (Fsp3) is 0.290. The smallest absolute Gasteiger partial charge is 0.295 e. The van der Waals surface area contributed by atoms with Crippen molar-refractivity contribution in [3.05, 3.63) is 101 Å². The Morgan fingerprint density at radius 2 is 1.55 bits per heavy atom. The molecule has 0 radical (unpaired) electrons. The highest BCUT2D eigenvalue weighted by Gasteiger charge is 2.45. The second-order valence-electron chi connectivity index (χ2n) is 9.14. The van der Waals surface area contributed by atoms with Gasteiger partial charge in [-0.1, -0.05) is 43.3 Å². The van der Waals surface area contributed by atoms with Crippen LogP contribution >= 0.6 is 0 Å². The van der Waals surface area contributed by atoms with Crippen LogP contribution in [0.25, 0.3) is 5.76 Å². The van der Waals surface area contributed by atoms with Crippen LogP contribution in [0, 0.1) is 6.92 Å². The van der Waals surface area contributed by atoms with Gasteiger partial charge in [-0.15, -0.1) is 0 Å². The number of benzene rings is 3. The number of carbonyl (C=O) groups is 2. The normalized spacial score (nSPS) is 16.6. The van der Waals surface area contributed by atoms with E-state index >= 15 is 0 Å². The molecule has 0 saturated carbocycles. The number of aliphatic hydroxyl groups is 1. The number of Topliss-reactive ketones (excluding diaryl/α,β-unsaturated/α-hetero) is 1. The average Bonchev–Trinajstić information content (AvgIpc) is 3.19. The second kappa shape index (κ2) is 12.4. The van der Waals surface area contributed by atoms with Crippen LogP contribution in [0.15, 0.2) is 78.4 Å². The van der Waals surface area contributed by atoms with Gasteiger partial charge < -0.3 is 24.2 Å². The summed E-state index contributed by atoms with van der Waals surface area (Å²) in [5.74, 6) is -0.298. The molecule has 0 aromatic heterocycles. The molecule has 198 valence electrons. The van der Waals surface area contributed by atoms with E-state index in [0.717, 1.165) is 17.5 Å². The molecule has 1 heterocycles. The van der Waals surface area contributed by atoms with Gasteiger partial charge in [-0.2, -0.15) is 0 Å². The number of hydrogen-bond acceptors (Lipinski definition) is 6. The number of ether oxygens (including phenoxy) is 3. The van der Waals surface area contributed by atoms with Crippen LogP contribution in [0.1, 0.15) is 41.6 Å². The number of aliphatic hydroxyl groups excluding tert-OH is 1. The molecule has 3 aromatic rings. The Balaban J connectivity index is 1.63. The number of nitrogens with zero attached hydrogens (tertiary/aromatic N) is 1. The van der Waals surface area contributed by atoms with Gasteiger partial charge in [-0.05, 0) is 66.4 Å². The molecule has 4 rings (SSSR count). The van der Waals surface area contributed by atoms with Crippen LogP contribution in [-0.2, 0) is 20.9 Å². The van der Waals surface area contributed by atoms with Crippen LogP contribution in [0.4, 0.5) is 0 Å². The van der Waals surface area contributed by atoms with Crippen molar-refractivity contribution in [1.82, 2.24) is 4.90 Å². The fourth-order valence-electron chi connectivity index (χ4n) is 4.41. The van der Waals surface area contributed by atoms with E-state index in [2.05, 4.69) is 0 Å². The van der Waals surface area contributed by atoms with Gasteiger partial charge in [0.25, 0.3) is 11.7 Å². The van der Waals surface area contributed by atoms with Crippen LogP contribution < -0.4 is 9.47 Å². The minimum Gasteiger partial charge on any atom is -0.507 e. The predicted molar refractivity (Wildman–Crippen MR) is 145 cm³/mol. The summed E-state index contributed by atoms with van der Waals surface area (Å²) in [6.45, 7) is 5.54.